The number of hydrogen-bond acceptors (Lipinski definition) is 5. The van der Waals surface area contributed by atoms with Gasteiger partial charge in [0.15, 0.2) is 0 Å². The molecule has 1 aromatic carbocycles. The van der Waals surface area contributed by atoms with Crippen LogP contribution in [-0.2, 0) is 14.4 Å². The van der Waals surface area contributed by atoms with Gasteiger partial charge in [-0.2, -0.15) is 0 Å². The summed E-state index contributed by atoms with van der Waals surface area (Å²) in [7, 11) is 0. The SMILES string of the molecule is CCCCC(NC(=O)CN1C(=O)/C(=C\c2ccc(C)cc2)SC1=S)C(=O)O. The number of rotatable bonds is 8. The molecule has 0 aliphatic carbocycles. The average Bonchev–Trinajstić information content (AvgIpc) is 2.87. The van der Waals surface area contributed by atoms with Crippen molar-refractivity contribution < 1.29 is 19.5 Å². The van der Waals surface area contributed by atoms with E-state index in [1.54, 1.807) is 6.08 Å². The Hall–Kier alpha value is -2.19. The summed E-state index contributed by atoms with van der Waals surface area (Å²) >= 11 is 6.35. The van der Waals surface area contributed by atoms with E-state index in [0.29, 0.717) is 17.7 Å². The van der Waals surface area contributed by atoms with Gasteiger partial charge in [0.25, 0.3) is 5.91 Å². The minimum Gasteiger partial charge on any atom is -0.480 e. The van der Waals surface area contributed by atoms with Crippen LogP contribution in [0.5, 0.6) is 0 Å². The van der Waals surface area contributed by atoms with Crippen molar-refractivity contribution >= 4 is 52.2 Å². The number of thioether (sulfide) groups is 1. The summed E-state index contributed by atoms with van der Waals surface area (Å²) in [5, 5.41) is 11.7. The second kappa shape index (κ2) is 9.66. The molecule has 0 bridgehead atoms. The van der Waals surface area contributed by atoms with Crippen molar-refractivity contribution in [2.45, 2.75) is 39.2 Å². The molecule has 0 saturated carbocycles. The van der Waals surface area contributed by atoms with Crippen molar-refractivity contribution in [2.24, 2.45) is 0 Å². The zero-order valence-corrected chi connectivity index (χ0v) is 16.9. The monoisotopic (exact) mass is 406 g/mol. The van der Waals surface area contributed by atoms with Crippen LogP contribution < -0.4 is 5.32 Å². The van der Waals surface area contributed by atoms with Crippen LogP contribution >= 0.6 is 24.0 Å². The largest absolute Gasteiger partial charge is 0.480 e. The van der Waals surface area contributed by atoms with Crippen molar-refractivity contribution in [3.05, 3.63) is 40.3 Å². The van der Waals surface area contributed by atoms with Gasteiger partial charge in [-0.1, -0.05) is 73.6 Å². The van der Waals surface area contributed by atoms with Crippen molar-refractivity contribution in [3.8, 4) is 0 Å². The van der Waals surface area contributed by atoms with E-state index in [1.807, 2.05) is 38.1 Å². The van der Waals surface area contributed by atoms with Crippen LogP contribution in [0.3, 0.4) is 0 Å². The number of nitrogens with zero attached hydrogens (tertiary/aromatic N) is 1. The summed E-state index contributed by atoms with van der Waals surface area (Å²) in [5.41, 5.74) is 1.99. The zero-order valence-electron chi connectivity index (χ0n) is 15.2. The van der Waals surface area contributed by atoms with Gasteiger partial charge in [-0.3, -0.25) is 14.5 Å². The quantitative estimate of drug-likeness (QED) is 0.510. The van der Waals surface area contributed by atoms with Gasteiger partial charge in [-0.25, -0.2) is 4.79 Å². The van der Waals surface area contributed by atoms with E-state index in [1.165, 1.54) is 4.90 Å². The molecule has 1 unspecified atom stereocenters. The first-order valence-electron chi connectivity index (χ1n) is 8.66. The molecule has 8 heteroatoms. The molecule has 2 rings (SSSR count). The Kier molecular flexibility index (Phi) is 7.55. The first kappa shape index (κ1) is 21.1. The van der Waals surface area contributed by atoms with E-state index in [-0.39, 0.29) is 16.8 Å². The molecule has 2 N–H and O–H groups in total. The number of aliphatic carboxylic acids is 1. The molecular formula is C19H22N2O4S2. The topological polar surface area (TPSA) is 86.7 Å². The first-order valence-corrected chi connectivity index (χ1v) is 9.88. The maximum absolute atomic E-state index is 12.6. The third kappa shape index (κ3) is 5.90. The fourth-order valence-corrected chi connectivity index (χ4v) is 3.75. The number of amides is 2. The summed E-state index contributed by atoms with van der Waals surface area (Å²) in [6.07, 6.45) is 3.61. The fourth-order valence-electron chi connectivity index (χ4n) is 2.50. The number of carbonyl (C=O) groups is 3. The van der Waals surface area contributed by atoms with Crippen LogP contribution in [0.25, 0.3) is 6.08 Å². The maximum Gasteiger partial charge on any atom is 0.326 e. The number of nitrogens with one attached hydrogen (secondary N) is 1. The van der Waals surface area contributed by atoms with Crippen LogP contribution in [0.1, 0.15) is 37.3 Å². The highest BCUT2D eigenvalue weighted by atomic mass is 32.2. The molecule has 2 amide bonds. The molecule has 144 valence electrons. The minimum atomic E-state index is -1.08. The lowest BCUT2D eigenvalue weighted by molar-refractivity contribution is -0.142. The molecule has 6 nitrogen and oxygen atoms in total. The highest BCUT2D eigenvalue weighted by molar-refractivity contribution is 8.26. The predicted molar refractivity (Wildman–Crippen MR) is 110 cm³/mol. The molecule has 1 aromatic rings. The lowest BCUT2D eigenvalue weighted by atomic mass is 10.1. The van der Waals surface area contributed by atoms with Gasteiger partial charge in [-0.05, 0) is 25.0 Å². The number of carboxylic acids is 1. The lowest BCUT2D eigenvalue weighted by Gasteiger charge is -2.18. The highest BCUT2D eigenvalue weighted by Crippen LogP contribution is 2.32. The third-order valence-corrected chi connectivity index (χ3v) is 5.41. The van der Waals surface area contributed by atoms with Crippen LogP contribution in [0.15, 0.2) is 29.2 Å². The fraction of sp³-hybridized carbons (Fsp3) is 0.368. The highest BCUT2D eigenvalue weighted by Gasteiger charge is 2.34. The summed E-state index contributed by atoms with van der Waals surface area (Å²) in [5.74, 6) is -1.96. The van der Waals surface area contributed by atoms with E-state index in [4.69, 9.17) is 12.2 Å². The van der Waals surface area contributed by atoms with E-state index in [9.17, 15) is 19.5 Å². The number of carboxylic acid groups (broad SMARTS) is 1. The summed E-state index contributed by atoms with van der Waals surface area (Å²) in [6, 6.07) is 6.74. The molecule has 1 atom stereocenters. The van der Waals surface area contributed by atoms with Gasteiger partial charge in [0.1, 0.15) is 16.9 Å². The van der Waals surface area contributed by atoms with Gasteiger partial charge in [-0.15, -0.1) is 0 Å². The summed E-state index contributed by atoms with van der Waals surface area (Å²) < 4.78 is 0.286. The molecule has 0 radical (unpaired) electrons. The number of carbonyl (C=O) groups excluding carboxylic acids is 2. The van der Waals surface area contributed by atoms with Crippen LogP contribution in [0.2, 0.25) is 0 Å². The number of benzene rings is 1. The van der Waals surface area contributed by atoms with E-state index >= 15 is 0 Å². The van der Waals surface area contributed by atoms with E-state index in [0.717, 1.165) is 29.3 Å². The van der Waals surface area contributed by atoms with Gasteiger partial charge >= 0.3 is 5.97 Å². The smallest absolute Gasteiger partial charge is 0.326 e. The Morgan fingerprint density at radius 3 is 2.59 bits per heavy atom. The summed E-state index contributed by atoms with van der Waals surface area (Å²) in [4.78, 5) is 37.7. The van der Waals surface area contributed by atoms with E-state index < -0.39 is 17.9 Å². The van der Waals surface area contributed by atoms with Gasteiger partial charge in [0, 0.05) is 0 Å². The summed E-state index contributed by atoms with van der Waals surface area (Å²) in [6.45, 7) is 3.64. The molecule has 1 saturated heterocycles. The van der Waals surface area contributed by atoms with Crippen LogP contribution in [-0.4, -0.2) is 44.7 Å². The van der Waals surface area contributed by atoms with Gasteiger partial charge in [0.2, 0.25) is 5.91 Å². The minimum absolute atomic E-state index is 0.286. The maximum atomic E-state index is 12.6. The standard InChI is InChI=1S/C19H22N2O4S2/c1-3-4-5-14(18(24)25)20-16(22)11-21-17(23)15(27-19(21)26)10-13-8-6-12(2)7-9-13/h6-10,14H,3-5,11H2,1-2H3,(H,20,22)(H,24,25)/b15-10+. The van der Waals surface area contributed by atoms with Crippen LogP contribution in [0.4, 0.5) is 0 Å². The zero-order chi connectivity index (χ0) is 20.0. The number of hydrogen-bond donors (Lipinski definition) is 2. The Bertz CT molecular complexity index is 774. The Balaban J connectivity index is 2.03. The second-order valence-electron chi connectivity index (χ2n) is 6.28. The molecule has 1 heterocycles. The first-order chi connectivity index (χ1) is 12.8. The average molecular weight is 407 g/mol. The van der Waals surface area contributed by atoms with Crippen LogP contribution in [0, 0.1) is 6.92 Å². The van der Waals surface area contributed by atoms with Gasteiger partial charge < -0.3 is 10.4 Å². The molecule has 1 aliphatic heterocycles. The molecule has 0 aromatic heterocycles. The normalized spacial score (nSPS) is 16.7. The van der Waals surface area contributed by atoms with Gasteiger partial charge in [0.05, 0.1) is 4.91 Å². The Morgan fingerprint density at radius 1 is 1.33 bits per heavy atom. The molecule has 1 aliphatic rings. The van der Waals surface area contributed by atoms with Crippen molar-refractivity contribution in [3.63, 3.8) is 0 Å². The van der Waals surface area contributed by atoms with E-state index in [2.05, 4.69) is 5.32 Å². The molecule has 0 spiro atoms. The second-order valence-corrected chi connectivity index (χ2v) is 7.95. The van der Waals surface area contributed by atoms with Crippen molar-refractivity contribution in [1.82, 2.24) is 10.2 Å². The number of aryl methyl sites for hydroxylation is 1. The third-order valence-electron chi connectivity index (χ3n) is 4.03. The lowest BCUT2D eigenvalue weighted by Crippen LogP contribution is -2.46. The molecule has 1 fully saturated rings. The number of unbranched alkanes of at least 4 members (excludes halogenated alkanes) is 1. The Morgan fingerprint density at radius 2 is 2.00 bits per heavy atom. The predicted octanol–water partition coefficient (Wildman–Crippen LogP) is 2.96. The van der Waals surface area contributed by atoms with Crippen molar-refractivity contribution in [2.75, 3.05) is 6.54 Å². The molecular weight excluding hydrogens is 384 g/mol. The number of thiocarbonyl (C=S) groups is 1. The molecule has 27 heavy (non-hydrogen) atoms. The Labute approximate surface area is 168 Å². The van der Waals surface area contributed by atoms with Crippen molar-refractivity contribution in [1.29, 1.82) is 0 Å².